The van der Waals surface area contributed by atoms with Crippen molar-refractivity contribution in [3.05, 3.63) is 17.7 Å². The van der Waals surface area contributed by atoms with Gasteiger partial charge in [-0.15, -0.1) is 0 Å². The summed E-state index contributed by atoms with van der Waals surface area (Å²) >= 11 is 0. The lowest BCUT2D eigenvalue weighted by Gasteiger charge is -2.33. The summed E-state index contributed by atoms with van der Waals surface area (Å²) < 4.78 is 42.4. The Morgan fingerprint density at radius 1 is 1.43 bits per heavy atom. The Morgan fingerprint density at radius 2 is 2.13 bits per heavy atom. The number of hydrogen-bond acceptors (Lipinski definition) is 5. The van der Waals surface area contributed by atoms with Crippen LogP contribution in [0, 0.1) is 0 Å². The van der Waals surface area contributed by atoms with Gasteiger partial charge in [0.05, 0.1) is 24.5 Å². The van der Waals surface area contributed by atoms with Crippen molar-refractivity contribution < 1.29 is 32.3 Å². The smallest absolute Gasteiger partial charge is 0.453 e. The van der Waals surface area contributed by atoms with Gasteiger partial charge in [0.2, 0.25) is 0 Å². The highest BCUT2D eigenvalue weighted by atomic mass is 19.4. The van der Waals surface area contributed by atoms with Crippen LogP contribution in [0.5, 0.6) is 0 Å². The van der Waals surface area contributed by atoms with Crippen molar-refractivity contribution in [2.24, 2.45) is 0 Å². The largest absolute Gasteiger partial charge is 0.493 e. The number of carbonyl (C=O) groups is 2. The van der Waals surface area contributed by atoms with E-state index in [4.69, 9.17) is 4.74 Å². The SMILES string of the molecule is CCCC1c2ncn(OC(=O)C(F)(F)F)c2CCN1C(=O)OC. The average Bonchev–Trinajstić information content (AvgIpc) is 2.89. The molecule has 2 heterocycles. The fourth-order valence-electron chi connectivity index (χ4n) is 2.54. The van der Waals surface area contributed by atoms with E-state index in [2.05, 4.69) is 9.82 Å². The first-order valence-electron chi connectivity index (χ1n) is 6.99. The number of methoxy groups -OCH3 is 1. The second-order valence-corrected chi connectivity index (χ2v) is 5.00. The summed E-state index contributed by atoms with van der Waals surface area (Å²) in [6, 6.07) is -0.429. The van der Waals surface area contributed by atoms with Crippen LogP contribution in [0.15, 0.2) is 6.33 Å². The van der Waals surface area contributed by atoms with Gasteiger partial charge in [0.1, 0.15) is 6.33 Å². The van der Waals surface area contributed by atoms with Gasteiger partial charge < -0.3 is 9.57 Å². The molecule has 1 aliphatic rings. The number of nitrogens with zero attached hydrogens (tertiary/aromatic N) is 3. The standard InChI is InChI=1S/C13H16F3N3O4/c1-3-4-8-10-9(5-6-18(8)12(21)22-2)19(7-17-10)23-11(20)13(14,15)16/h7-8H,3-6H2,1-2H3. The molecule has 23 heavy (non-hydrogen) atoms. The molecule has 128 valence electrons. The van der Waals surface area contributed by atoms with Crippen LogP contribution in [0.25, 0.3) is 0 Å². The number of halogens is 3. The van der Waals surface area contributed by atoms with E-state index in [0.717, 1.165) is 17.5 Å². The number of hydrogen-bond donors (Lipinski definition) is 0. The quantitative estimate of drug-likeness (QED) is 0.843. The number of ether oxygens (including phenoxy) is 1. The molecule has 10 heteroatoms. The van der Waals surface area contributed by atoms with Crippen molar-refractivity contribution in [1.82, 2.24) is 14.6 Å². The van der Waals surface area contributed by atoms with Crippen molar-refractivity contribution in [1.29, 1.82) is 0 Å². The molecule has 0 aromatic carbocycles. The van der Waals surface area contributed by atoms with Crippen LogP contribution in [0.1, 0.15) is 37.2 Å². The lowest BCUT2D eigenvalue weighted by molar-refractivity contribution is -0.200. The molecule has 1 amide bonds. The highest BCUT2D eigenvalue weighted by Crippen LogP contribution is 2.32. The number of aromatic nitrogens is 2. The number of carbonyl (C=O) groups excluding carboxylic acids is 2. The van der Waals surface area contributed by atoms with E-state index in [1.807, 2.05) is 6.92 Å². The zero-order valence-electron chi connectivity index (χ0n) is 12.6. The average molecular weight is 335 g/mol. The third-order valence-corrected chi connectivity index (χ3v) is 3.53. The molecule has 1 unspecified atom stereocenters. The molecule has 0 saturated heterocycles. The minimum absolute atomic E-state index is 0.204. The summed E-state index contributed by atoms with van der Waals surface area (Å²) in [6.07, 6.45) is -3.12. The number of fused-ring (bicyclic) bond motifs is 1. The van der Waals surface area contributed by atoms with E-state index < -0.39 is 24.3 Å². The van der Waals surface area contributed by atoms with Crippen molar-refractivity contribution in [3.63, 3.8) is 0 Å². The van der Waals surface area contributed by atoms with Crippen LogP contribution in [0.4, 0.5) is 18.0 Å². The molecule has 0 fully saturated rings. The summed E-state index contributed by atoms with van der Waals surface area (Å²) in [5, 5.41) is 0. The van der Waals surface area contributed by atoms with Crippen molar-refractivity contribution in [2.45, 2.75) is 38.4 Å². The zero-order valence-corrected chi connectivity index (χ0v) is 12.6. The van der Waals surface area contributed by atoms with E-state index >= 15 is 0 Å². The summed E-state index contributed by atoms with van der Waals surface area (Å²) in [7, 11) is 1.25. The maximum absolute atomic E-state index is 12.3. The molecule has 1 aliphatic heterocycles. The van der Waals surface area contributed by atoms with Crippen LogP contribution < -0.4 is 4.84 Å². The van der Waals surface area contributed by atoms with Gasteiger partial charge in [-0.25, -0.2) is 14.6 Å². The van der Waals surface area contributed by atoms with Gasteiger partial charge >= 0.3 is 18.2 Å². The maximum Gasteiger partial charge on any atom is 0.493 e. The molecular formula is C13H16F3N3O4. The van der Waals surface area contributed by atoms with Gasteiger partial charge in [0.25, 0.3) is 0 Å². The molecule has 0 saturated carbocycles. The highest BCUT2D eigenvalue weighted by molar-refractivity contribution is 5.76. The fourth-order valence-corrected chi connectivity index (χ4v) is 2.54. The van der Waals surface area contributed by atoms with Crippen LogP contribution in [-0.4, -0.2) is 46.5 Å². The lowest BCUT2D eigenvalue weighted by Crippen LogP contribution is -2.41. The number of alkyl halides is 3. The van der Waals surface area contributed by atoms with Crippen molar-refractivity contribution >= 4 is 12.1 Å². The Hall–Kier alpha value is -2.26. The maximum atomic E-state index is 12.3. The third kappa shape index (κ3) is 3.40. The van der Waals surface area contributed by atoms with Crippen molar-refractivity contribution in [2.75, 3.05) is 13.7 Å². The van der Waals surface area contributed by atoms with E-state index in [9.17, 15) is 22.8 Å². The minimum atomic E-state index is -5.09. The molecule has 0 N–H and O–H groups in total. The number of imidazole rings is 1. The predicted molar refractivity (Wildman–Crippen MR) is 70.3 cm³/mol. The first-order valence-corrected chi connectivity index (χ1v) is 6.99. The van der Waals surface area contributed by atoms with Gasteiger partial charge in [0.15, 0.2) is 0 Å². The Kier molecular flexibility index (Phi) is 4.81. The molecule has 0 aliphatic carbocycles. The Bertz CT molecular complexity index is 600. The summed E-state index contributed by atoms with van der Waals surface area (Å²) in [4.78, 5) is 32.6. The highest BCUT2D eigenvalue weighted by Gasteiger charge is 2.43. The summed E-state index contributed by atoms with van der Waals surface area (Å²) in [6.45, 7) is 2.14. The fraction of sp³-hybridized carbons (Fsp3) is 0.615. The minimum Gasteiger partial charge on any atom is -0.453 e. The Morgan fingerprint density at radius 3 is 2.70 bits per heavy atom. The van der Waals surface area contributed by atoms with Gasteiger partial charge in [0, 0.05) is 13.0 Å². The Balaban J connectivity index is 2.28. The second-order valence-electron chi connectivity index (χ2n) is 5.00. The molecule has 0 radical (unpaired) electrons. The van der Waals surface area contributed by atoms with E-state index in [1.54, 1.807) is 0 Å². The van der Waals surface area contributed by atoms with Crippen LogP contribution in [0.2, 0.25) is 0 Å². The summed E-state index contributed by atoms with van der Waals surface area (Å²) in [5.41, 5.74) is 0.764. The third-order valence-electron chi connectivity index (χ3n) is 3.53. The van der Waals surface area contributed by atoms with Crippen molar-refractivity contribution in [3.8, 4) is 0 Å². The van der Waals surface area contributed by atoms with Gasteiger partial charge in [-0.3, -0.25) is 4.90 Å². The first-order chi connectivity index (χ1) is 10.8. The van der Waals surface area contributed by atoms with Crippen LogP contribution >= 0.6 is 0 Å². The monoisotopic (exact) mass is 335 g/mol. The van der Waals surface area contributed by atoms with Crippen LogP contribution in [-0.2, 0) is 16.0 Å². The molecular weight excluding hydrogens is 319 g/mol. The zero-order chi connectivity index (χ0) is 17.2. The molecule has 0 bridgehead atoms. The topological polar surface area (TPSA) is 73.7 Å². The lowest BCUT2D eigenvalue weighted by atomic mass is 9.99. The first kappa shape index (κ1) is 17.1. The molecule has 7 nitrogen and oxygen atoms in total. The molecule has 2 rings (SSSR count). The number of amides is 1. The van der Waals surface area contributed by atoms with Gasteiger partial charge in [-0.05, 0) is 6.42 Å². The van der Waals surface area contributed by atoms with E-state index in [0.29, 0.717) is 17.8 Å². The normalized spacial score (nSPS) is 17.6. The number of rotatable bonds is 3. The summed E-state index contributed by atoms with van der Waals surface area (Å²) in [5.74, 6) is -2.32. The molecule has 1 atom stereocenters. The predicted octanol–water partition coefficient (Wildman–Crippen LogP) is 1.87. The Labute approximate surface area is 129 Å². The molecule has 0 spiro atoms. The van der Waals surface area contributed by atoms with E-state index in [-0.39, 0.29) is 13.0 Å². The molecule has 1 aromatic rings. The van der Waals surface area contributed by atoms with Crippen LogP contribution in [0.3, 0.4) is 0 Å². The second kappa shape index (κ2) is 6.47. The molecule has 1 aromatic heterocycles. The van der Waals surface area contributed by atoms with Gasteiger partial charge in [-0.2, -0.15) is 17.9 Å². The van der Waals surface area contributed by atoms with Gasteiger partial charge in [-0.1, -0.05) is 13.3 Å². The van der Waals surface area contributed by atoms with E-state index in [1.165, 1.54) is 12.0 Å².